The summed E-state index contributed by atoms with van der Waals surface area (Å²) < 4.78 is 50.5. The van der Waals surface area contributed by atoms with E-state index in [1.807, 2.05) is 16.7 Å². The Morgan fingerprint density at radius 2 is 1.78 bits per heavy atom. The smallest absolute Gasteiger partial charge is 0.245 e. The lowest BCUT2D eigenvalue weighted by Crippen LogP contribution is -2.41. The molecule has 1 aromatic carbocycles. The minimum absolute atomic E-state index is 0.0135. The van der Waals surface area contributed by atoms with E-state index in [4.69, 9.17) is 25.2 Å². The molecule has 1 atom stereocenters. The highest BCUT2D eigenvalue weighted by atomic mass is 35.5. The van der Waals surface area contributed by atoms with Gasteiger partial charge in [0.25, 0.3) is 0 Å². The largest absolute Gasteiger partial charge is 0.461 e. The zero-order valence-electron chi connectivity index (χ0n) is 28.6. The van der Waals surface area contributed by atoms with Gasteiger partial charge in [-0.3, -0.25) is 4.57 Å². The van der Waals surface area contributed by atoms with E-state index in [0.717, 1.165) is 22.9 Å². The average Bonchev–Trinajstić information content (AvgIpc) is 3.65. The van der Waals surface area contributed by atoms with E-state index in [0.29, 0.717) is 36.1 Å². The van der Waals surface area contributed by atoms with Crippen LogP contribution in [0.15, 0.2) is 64.8 Å². The molecule has 0 unspecified atom stereocenters. The van der Waals surface area contributed by atoms with E-state index < -0.39 is 26.4 Å². The van der Waals surface area contributed by atoms with Crippen LogP contribution in [0.1, 0.15) is 32.8 Å². The van der Waals surface area contributed by atoms with Crippen molar-refractivity contribution in [2.24, 2.45) is 0 Å². The lowest BCUT2D eigenvalue weighted by molar-refractivity contribution is 0.144. The normalized spacial score (nSPS) is 16.3. The van der Waals surface area contributed by atoms with Crippen molar-refractivity contribution in [3.63, 3.8) is 0 Å². The Hall–Kier alpha value is -2.49. The molecule has 9 nitrogen and oxygen atoms in total. The lowest BCUT2D eigenvalue weighted by Gasteiger charge is -2.37. The van der Waals surface area contributed by atoms with E-state index >= 15 is 0 Å². The van der Waals surface area contributed by atoms with Gasteiger partial charge in [0.2, 0.25) is 21.8 Å². The average molecular weight is 705 g/mol. The third-order valence-corrected chi connectivity index (χ3v) is 17.0. The monoisotopic (exact) mass is 704 g/mol. The SMILES string of the molecule is CO[C@H]1CC=CC(CO[Si](C)(C)C(C)(C)C)=C1n1c(-c2ccco2)nnc1N(CC[Si](C)(C)C)S(=O)(=O)CCc1ccc(Cl)cc1. The summed E-state index contributed by atoms with van der Waals surface area (Å²) in [5.74, 6) is 1.00. The van der Waals surface area contributed by atoms with Crippen LogP contribution in [0.4, 0.5) is 5.95 Å². The number of hydrogen-bond acceptors (Lipinski definition) is 7. The fourth-order valence-corrected chi connectivity index (χ4v) is 8.45. The molecule has 13 heteroatoms. The zero-order valence-corrected chi connectivity index (χ0v) is 32.2. The molecule has 1 aliphatic carbocycles. The number of ether oxygens (including phenoxy) is 1. The Kier molecular flexibility index (Phi) is 11.3. The summed E-state index contributed by atoms with van der Waals surface area (Å²) in [6, 6.07) is 11.6. The van der Waals surface area contributed by atoms with Gasteiger partial charge in [-0.05, 0) is 72.4 Å². The molecule has 0 amide bonds. The van der Waals surface area contributed by atoms with Crippen molar-refractivity contribution in [1.82, 2.24) is 14.8 Å². The van der Waals surface area contributed by atoms with Gasteiger partial charge in [0.05, 0.1) is 24.3 Å². The summed E-state index contributed by atoms with van der Waals surface area (Å²) in [4.78, 5) is 0. The molecule has 0 saturated heterocycles. The molecule has 0 saturated carbocycles. The lowest BCUT2D eigenvalue weighted by atomic mass is 10.0. The summed E-state index contributed by atoms with van der Waals surface area (Å²) >= 11 is 6.08. The van der Waals surface area contributed by atoms with E-state index in [1.54, 1.807) is 37.6 Å². The summed E-state index contributed by atoms with van der Waals surface area (Å²) in [6.45, 7) is 18.4. The number of benzene rings is 1. The maximum absolute atomic E-state index is 14.3. The molecular weight excluding hydrogens is 656 g/mol. The van der Waals surface area contributed by atoms with Crippen molar-refractivity contribution in [2.45, 2.75) is 83.5 Å². The molecule has 2 heterocycles. The first kappa shape index (κ1) is 36.4. The number of anilines is 1. The Labute approximate surface area is 281 Å². The second kappa shape index (κ2) is 14.3. The third kappa shape index (κ3) is 8.70. The van der Waals surface area contributed by atoms with Crippen LogP contribution in [0.5, 0.6) is 0 Å². The highest BCUT2D eigenvalue weighted by Crippen LogP contribution is 2.39. The number of aryl methyl sites for hydroxylation is 1. The fraction of sp³-hybridized carbons (Fsp3) is 0.515. The molecule has 252 valence electrons. The van der Waals surface area contributed by atoms with Crippen molar-refractivity contribution in [2.75, 3.05) is 30.3 Å². The van der Waals surface area contributed by atoms with Crippen molar-refractivity contribution in [3.05, 3.63) is 71.0 Å². The Balaban J connectivity index is 1.89. The van der Waals surface area contributed by atoms with E-state index in [2.05, 4.69) is 75.9 Å². The first-order chi connectivity index (χ1) is 21.4. The van der Waals surface area contributed by atoms with Crippen molar-refractivity contribution >= 4 is 49.7 Å². The predicted octanol–water partition coefficient (Wildman–Crippen LogP) is 8.12. The number of methoxy groups -OCH3 is 1. The standard InChI is InChI=1S/C33H49ClN4O5SSi2/c1-33(2,3)46(8,9)43-24-26-12-10-13-28(41-4)30(26)38-31(29-14-11-21-42-29)35-36-32(38)37(20-23-45(5,6)7)44(39,40)22-19-25-15-17-27(34)18-16-25/h10-12,14-18,21,28H,13,19-20,22-24H2,1-9H3/t28-/m0/s1. The van der Waals surface area contributed by atoms with Gasteiger partial charge >= 0.3 is 0 Å². The quantitative estimate of drug-likeness (QED) is 0.156. The van der Waals surface area contributed by atoms with Crippen molar-refractivity contribution in [3.8, 4) is 11.6 Å². The summed E-state index contributed by atoms with van der Waals surface area (Å²) in [6.07, 6.45) is 6.24. The molecule has 0 spiro atoms. The number of furan rings is 1. The molecular formula is C33H49ClN4O5SSi2. The number of nitrogens with zero attached hydrogens (tertiary/aromatic N) is 4. The Morgan fingerprint density at radius 1 is 1.09 bits per heavy atom. The van der Waals surface area contributed by atoms with Crippen molar-refractivity contribution < 1.29 is 22.0 Å². The molecule has 0 aliphatic heterocycles. The third-order valence-electron chi connectivity index (χ3n) is 8.80. The van der Waals surface area contributed by atoms with Gasteiger partial charge in [0.1, 0.15) is 6.10 Å². The van der Waals surface area contributed by atoms with Crippen LogP contribution >= 0.6 is 11.6 Å². The zero-order chi connectivity index (χ0) is 33.9. The van der Waals surface area contributed by atoms with Crippen LogP contribution in [0.25, 0.3) is 17.3 Å². The van der Waals surface area contributed by atoms with Gasteiger partial charge in [0, 0.05) is 26.8 Å². The van der Waals surface area contributed by atoms with Gasteiger partial charge in [-0.2, -0.15) is 0 Å². The number of rotatable bonds is 14. The van der Waals surface area contributed by atoms with Crippen LogP contribution in [0.3, 0.4) is 0 Å². The van der Waals surface area contributed by atoms with E-state index in [1.165, 1.54) is 4.31 Å². The number of aromatic nitrogens is 3. The Bertz CT molecular complexity index is 1640. The van der Waals surface area contributed by atoms with E-state index in [9.17, 15) is 8.42 Å². The highest BCUT2D eigenvalue weighted by molar-refractivity contribution is 7.92. The molecule has 0 N–H and O–H groups in total. The van der Waals surface area contributed by atoms with Crippen LogP contribution < -0.4 is 4.31 Å². The Morgan fingerprint density at radius 3 is 2.37 bits per heavy atom. The molecule has 46 heavy (non-hydrogen) atoms. The fourth-order valence-electron chi connectivity index (χ4n) is 4.86. The van der Waals surface area contributed by atoms with Crippen LogP contribution in [-0.2, 0) is 25.6 Å². The van der Waals surface area contributed by atoms with Crippen LogP contribution in [0, 0.1) is 0 Å². The summed E-state index contributed by atoms with van der Waals surface area (Å²) in [5.41, 5.74) is 2.53. The second-order valence-electron chi connectivity index (χ2n) is 14.5. The first-order valence-electron chi connectivity index (χ1n) is 15.7. The second-order valence-corrected chi connectivity index (χ2v) is 27.4. The molecule has 2 aromatic heterocycles. The van der Waals surface area contributed by atoms with Gasteiger partial charge < -0.3 is 13.6 Å². The molecule has 3 aromatic rings. The number of hydrogen-bond donors (Lipinski definition) is 0. The van der Waals surface area contributed by atoms with Crippen molar-refractivity contribution in [1.29, 1.82) is 0 Å². The molecule has 1 aliphatic rings. The maximum Gasteiger partial charge on any atom is 0.245 e. The molecule has 0 fully saturated rings. The molecule has 0 radical (unpaired) electrons. The first-order valence-corrected chi connectivity index (χ1v) is 24.3. The van der Waals surface area contributed by atoms with Gasteiger partial charge in [-0.15, -0.1) is 10.2 Å². The van der Waals surface area contributed by atoms with Crippen LogP contribution in [0.2, 0.25) is 48.8 Å². The van der Waals surface area contributed by atoms with Gasteiger partial charge in [-0.1, -0.05) is 76.3 Å². The minimum Gasteiger partial charge on any atom is -0.461 e. The van der Waals surface area contributed by atoms with Crippen LogP contribution in [-0.4, -0.2) is 71.7 Å². The number of sulfonamides is 1. The summed E-state index contributed by atoms with van der Waals surface area (Å²) in [5, 5.41) is 9.76. The predicted molar refractivity (Wildman–Crippen MR) is 193 cm³/mol. The van der Waals surface area contributed by atoms with Gasteiger partial charge in [0.15, 0.2) is 14.1 Å². The molecule has 4 rings (SSSR count). The minimum atomic E-state index is -3.86. The topological polar surface area (TPSA) is 99.7 Å². The van der Waals surface area contributed by atoms with E-state index in [-0.39, 0.29) is 29.4 Å². The summed E-state index contributed by atoms with van der Waals surface area (Å²) in [7, 11) is -5.99. The van der Waals surface area contributed by atoms with Gasteiger partial charge in [-0.25, -0.2) is 12.7 Å². The molecule has 0 bridgehead atoms. The number of halogens is 1. The highest BCUT2D eigenvalue weighted by Gasteiger charge is 2.39. The maximum atomic E-state index is 14.3.